The molecule has 0 spiro atoms. The number of ether oxygens (including phenoxy) is 2. The van der Waals surface area contributed by atoms with E-state index in [4.69, 9.17) is 15.2 Å². The van der Waals surface area contributed by atoms with Gasteiger partial charge in [0.05, 0.1) is 18.4 Å². The summed E-state index contributed by atoms with van der Waals surface area (Å²) in [6.07, 6.45) is 3.25. The molecule has 2 aromatic carbocycles. The molecule has 0 radical (unpaired) electrons. The number of hydrogen-bond acceptors (Lipinski definition) is 8. The summed E-state index contributed by atoms with van der Waals surface area (Å²) in [7, 11) is 1.36. The fourth-order valence-electron chi connectivity index (χ4n) is 3.26. The molecular formula is C23H21N5O3. The van der Waals surface area contributed by atoms with Crippen molar-refractivity contribution in [3.05, 3.63) is 66.5 Å². The zero-order valence-corrected chi connectivity index (χ0v) is 17.1. The smallest absolute Gasteiger partial charge is 0.325 e. The molecule has 0 bridgehead atoms. The summed E-state index contributed by atoms with van der Waals surface area (Å²) in [5.74, 6) is 0.906. The summed E-state index contributed by atoms with van der Waals surface area (Å²) < 4.78 is 11.0. The predicted octanol–water partition coefficient (Wildman–Crippen LogP) is 3.96. The number of nitrogens with zero attached hydrogens (tertiary/aromatic N) is 3. The lowest BCUT2D eigenvalue weighted by Gasteiger charge is -2.16. The lowest BCUT2D eigenvalue weighted by Crippen LogP contribution is -2.15. The van der Waals surface area contributed by atoms with Crippen molar-refractivity contribution in [2.75, 3.05) is 24.7 Å². The van der Waals surface area contributed by atoms with Gasteiger partial charge in [0.15, 0.2) is 0 Å². The summed E-state index contributed by atoms with van der Waals surface area (Å²) in [6.45, 7) is 2.04. The van der Waals surface area contributed by atoms with E-state index in [-0.39, 0.29) is 18.5 Å². The monoisotopic (exact) mass is 415 g/mol. The highest BCUT2D eigenvalue weighted by Crippen LogP contribution is 2.38. The number of benzene rings is 2. The van der Waals surface area contributed by atoms with Crippen LogP contribution in [0.1, 0.15) is 5.56 Å². The standard InChI is InChI=1S/C23H21N5O3/c1-14-8-9-15-16(5-3-7-18(15)27-13-20(29)30-2)21(14)31-22-17(6-4-11-25-22)19-10-12-26-23(24)28-19/h3-12,27H,13H2,1-2H3,(H2,24,26,28). The van der Waals surface area contributed by atoms with E-state index in [1.165, 1.54) is 7.11 Å². The van der Waals surface area contributed by atoms with E-state index < -0.39 is 0 Å². The summed E-state index contributed by atoms with van der Waals surface area (Å²) in [4.78, 5) is 24.2. The molecule has 0 atom stereocenters. The number of anilines is 2. The first kappa shape index (κ1) is 20.1. The van der Waals surface area contributed by atoms with E-state index >= 15 is 0 Å². The molecule has 8 heteroatoms. The molecule has 2 heterocycles. The number of hydrogen-bond donors (Lipinski definition) is 2. The highest BCUT2D eigenvalue weighted by atomic mass is 16.5. The Balaban J connectivity index is 1.76. The van der Waals surface area contributed by atoms with Gasteiger partial charge >= 0.3 is 5.97 Å². The van der Waals surface area contributed by atoms with Crippen molar-refractivity contribution in [2.24, 2.45) is 0 Å². The SMILES string of the molecule is COC(=O)CNc1cccc2c(Oc3ncccc3-c3ccnc(N)n3)c(C)ccc12. The van der Waals surface area contributed by atoms with Crippen molar-refractivity contribution in [2.45, 2.75) is 6.92 Å². The van der Waals surface area contributed by atoms with E-state index in [1.807, 2.05) is 49.4 Å². The highest BCUT2D eigenvalue weighted by molar-refractivity contribution is 5.99. The first-order chi connectivity index (χ1) is 15.1. The molecule has 8 nitrogen and oxygen atoms in total. The number of esters is 1. The Morgan fingerprint density at radius 3 is 2.71 bits per heavy atom. The van der Waals surface area contributed by atoms with Crippen molar-refractivity contribution in [3.8, 4) is 22.9 Å². The molecule has 31 heavy (non-hydrogen) atoms. The second-order valence-corrected chi connectivity index (χ2v) is 6.80. The molecule has 0 aliphatic rings. The van der Waals surface area contributed by atoms with Crippen molar-refractivity contribution in [3.63, 3.8) is 0 Å². The molecule has 4 rings (SSSR count). The maximum atomic E-state index is 11.5. The number of nitrogens with two attached hydrogens (primary N) is 1. The number of aryl methyl sites for hydroxylation is 1. The van der Waals surface area contributed by atoms with Crippen molar-refractivity contribution in [1.82, 2.24) is 15.0 Å². The van der Waals surface area contributed by atoms with Crippen molar-refractivity contribution in [1.29, 1.82) is 0 Å². The van der Waals surface area contributed by atoms with Crippen molar-refractivity contribution >= 4 is 28.4 Å². The van der Waals surface area contributed by atoms with Crippen LogP contribution in [0.15, 0.2) is 60.9 Å². The number of nitrogens with one attached hydrogen (secondary N) is 1. The summed E-state index contributed by atoms with van der Waals surface area (Å²) >= 11 is 0. The zero-order chi connectivity index (χ0) is 21.8. The average molecular weight is 415 g/mol. The first-order valence-corrected chi connectivity index (χ1v) is 9.61. The van der Waals surface area contributed by atoms with Gasteiger partial charge in [0.25, 0.3) is 0 Å². The third kappa shape index (κ3) is 4.23. The molecule has 156 valence electrons. The minimum atomic E-state index is -0.345. The van der Waals surface area contributed by atoms with Gasteiger partial charge in [-0.25, -0.2) is 15.0 Å². The van der Waals surface area contributed by atoms with Crippen LogP contribution in [-0.4, -0.2) is 34.6 Å². The van der Waals surface area contributed by atoms with E-state index in [0.29, 0.717) is 22.9 Å². The maximum Gasteiger partial charge on any atom is 0.325 e. The lowest BCUT2D eigenvalue weighted by atomic mass is 10.0. The fraction of sp³-hybridized carbons (Fsp3) is 0.130. The van der Waals surface area contributed by atoms with Crippen LogP contribution in [0.3, 0.4) is 0 Å². The van der Waals surface area contributed by atoms with Gasteiger partial charge in [-0.15, -0.1) is 0 Å². The van der Waals surface area contributed by atoms with Gasteiger partial charge in [-0.1, -0.05) is 24.3 Å². The topological polar surface area (TPSA) is 112 Å². The lowest BCUT2D eigenvalue weighted by molar-refractivity contribution is -0.138. The van der Waals surface area contributed by atoms with E-state index in [0.717, 1.165) is 22.0 Å². The number of methoxy groups -OCH3 is 1. The molecule has 0 saturated heterocycles. The average Bonchev–Trinajstić information content (AvgIpc) is 2.79. The maximum absolute atomic E-state index is 11.5. The number of nitrogen functional groups attached to an aromatic ring is 1. The number of carbonyl (C=O) groups excluding carboxylic acids is 1. The molecule has 0 amide bonds. The Labute approximate surface area is 179 Å². The van der Waals surface area contributed by atoms with Gasteiger partial charge in [0.1, 0.15) is 12.3 Å². The fourth-order valence-corrected chi connectivity index (χ4v) is 3.26. The van der Waals surface area contributed by atoms with Crippen LogP contribution in [0.4, 0.5) is 11.6 Å². The van der Waals surface area contributed by atoms with Gasteiger partial charge in [-0.2, -0.15) is 0 Å². The highest BCUT2D eigenvalue weighted by Gasteiger charge is 2.15. The molecule has 2 aromatic heterocycles. The predicted molar refractivity (Wildman–Crippen MR) is 119 cm³/mol. The third-order valence-corrected chi connectivity index (χ3v) is 4.78. The Kier molecular flexibility index (Phi) is 5.61. The van der Waals surface area contributed by atoms with Crippen LogP contribution in [0, 0.1) is 6.92 Å². The first-order valence-electron chi connectivity index (χ1n) is 9.61. The number of pyridine rings is 1. The molecule has 0 fully saturated rings. The molecule has 0 saturated carbocycles. The number of rotatable bonds is 6. The van der Waals surface area contributed by atoms with E-state index in [2.05, 4.69) is 20.3 Å². The van der Waals surface area contributed by atoms with Crippen LogP contribution in [0.5, 0.6) is 11.6 Å². The molecule has 4 aromatic rings. The summed E-state index contributed by atoms with van der Waals surface area (Å²) in [5, 5.41) is 4.91. The summed E-state index contributed by atoms with van der Waals surface area (Å²) in [6, 6.07) is 15.2. The Morgan fingerprint density at radius 1 is 1.03 bits per heavy atom. The van der Waals surface area contributed by atoms with Gasteiger partial charge in [-0.3, -0.25) is 4.79 Å². The third-order valence-electron chi connectivity index (χ3n) is 4.78. The van der Waals surface area contributed by atoms with Crippen LogP contribution >= 0.6 is 0 Å². The van der Waals surface area contributed by atoms with Crippen LogP contribution in [0.2, 0.25) is 0 Å². The zero-order valence-electron chi connectivity index (χ0n) is 17.1. The molecule has 0 unspecified atom stereocenters. The van der Waals surface area contributed by atoms with Gasteiger partial charge in [-0.05, 0) is 36.8 Å². The Morgan fingerprint density at radius 2 is 1.90 bits per heavy atom. The van der Waals surface area contributed by atoms with Crippen LogP contribution in [-0.2, 0) is 9.53 Å². The summed E-state index contributed by atoms with van der Waals surface area (Å²) in [5.41, 5.74) is 8.82. The normalized spacial score (nSPS) is 10.6. The molecule has 0 aliphatic heterocycles. The largest absolute Gasteiger partial charge is 0.468 e. The Bertz CT molecular complexity index is 1260. The molecule has 3 N–H and O–H groups in total. The van der Waals surface area contributed by atoms with Gasteiger partial charge in [0, 0.05) is 28.9 Å². The van der Waals surface area contributed by atoms with Gasteiger partial charge < -0.3 is 20.5 Å². The van der Waals surface area contributed by atoms with E-state index in [9.17, 15) is 4.79 Å². The molecule has 0 aliphatic carbocycles. The molecular weight excluding hydrogens is 394 g/mol. The Hall–Kier alpha value is -4.20. The van der Waals surface area contributed by atoms with Gasteiger partial charge in [0.2, 0.25) is 11.8 Å². The second-order valence-electron chi connectivity index (χ2n) is 6.80. The van der Waals surface area contributed by atoms with Crippen LogP contribution < -0.4 is 15.8 Å². The number of aromatic nitrogens is 3. The number of carbonyl (C=O) groups is 1. The second kappa shape index (κ2) is 8.66. The number of fused-ring (bicyclic) bond motifs is 1. The van der Waals surface area contributed by atoms with E-state index in [1.54, 1.807) is 18.5 Å². The minimum absolute atomic E-state index is 0.0687. The minimum Gasteiger partial charge on any atom is -0.468 e. The van der Waals surface area contributed by atoms with Crippen molar-refractivity contribution < 1.29 is 14.3 Å². The quantitative estimate of drug-likeness (QED) is 0.455. The van der Waals surface area contributed by atoms with Crippen LogP contribution in [0.25, 0.3) is 22.0 Å².